The highest BCUT2D eigenvalue weighted by Gasteiger charge is 2.17. The molecule has 7 heteroatoms. The first kappa shape index (κ1) is 15.0. The summed E-state index contributed by atoms with van der Waals surface area (Å²) in [5, 5.41) is 6.55. The van der Waals surface area contributed by atoms with Crippen molar-refractivity contribution in [3.63, 3.8) is 0 Å². The lowest BCUT2D eigenvalue weighted by Gasteiger charge is -2.03. The second-order valence-electron chi connectivity index (χ2n) is 4.42. The molecule has 0 atom stereocenters. The van der Waals surface area contributed by atoms with Crippen molar-refractivity contribution >= 4 is 45.1 Å². The fraction of sp³-hybridized carbons (Fsp3) is 0. The lowest BCUT2D eigenvalue weighted by molar-refractivity contribution is 0.580. The normalized spacial score (nSPS) is 12.0. The lowest BCUT2D eigenvalue weighted by Crippen LogP contribution is -2.13. The molecule has 0 amide bonds. The minimum absolute atomic E-state index is 0.147. The fourth-order valence-corrected chi connectivity index (χ4v) is 3.67. The fourth-order valence-electron chi connectivity index (χ4n) is 1.81. The van der Waals surface area contributed by atoms with Crippen LogP contribution in [0.2, 0.25) is 5.02 Å². The number of halogens is 1. The summed E-state index contributed by atoms with van der Waals surface area (Å²) in [5.74, 6) is 0. The Kier molecular flexibility index (Phi) is 4.15. The summed E-state index contributed by atoms with van der Waals surface area (Å²) in [5.41, 5.74) is 0.575. The van der Waals surface area contributed by atoms with E-state index in [1.54, 1.807) is 23.5 Å². The monoisotopic (exact) mass is 350 g/mol. The van der Waals surface area contributed by atoms with Crippen LogP contribution in [0.3, 0.4) is 0 Å². The zero-order chi connectivity index (χ0) is 15.6. The van der Waals surface area contributed by atoms with Gasteiger partial charge in [0.1, 0.15) is 0 Å². The summed E-state index contributed by atoms with van der Waals surface area (Å²) in [7, 11) is -3.69. The number of hydrogen-bond acceptors (Lipinski definition) is 4. The first-order valence-corrected chi connectivity index (χ1v) is 9.04. The summed E-state index contributed by atoms with van der Waals surface area (Å²) >= 11 is 7.38. The van der Waals surface area contributed by atoms with Crippen LogP contribution in [0, 0.1) is 0 Å². The number of aromatic nitrogens is 2. The molecule has 0 unspecified atom stereocenters. The highest BCUT2D eigenvalue weighted by atomic mass is 35.5. The molecule has 0 spiro atoms. The molecule has 0 aliphatic rings. The molecule has 3 aromatic rings. The Morgan fingerprint density at radius 3 is 2.55 bits per heavy atom. The standard InChI is InChI=1S/C15H11ClN2O2S2/c16-12-3-7-15(8-4-12)22(19,20)18-10-9-13(17-18)5-6-14-2-1-11-21-14/h1-11H/b6-5+. The molecule has 0 fully saturated rings. The highest BCUT2D eigenvalue weighted by molar-refractivity contribution is 7.89. The van der Waals surface area contributed by atoms with Gasteiger partial charge < -0.3 is 0 Å². The van der Waals surface area contributed by atoms with Gasteiger partial charge in [0.25, 0.3) is 10.0 Å². The number of benzene rings is 1. The average Bonchev–Trinajstić information content (AvgIpc) is 3.17. The Balaban J connectivity index is 1.88. The van der Waals surface area contributed by atoms with Gasteiger partial charge >= 0.3 is 0 Å². The Hall–Kier alpha value is -1.89. The van der Waals surface area contributed by atoms with Gasteiger partial charge in [0.2, 0.25) is 0 Å². The molecule has 0 radical (unpaired) electrons. The molecule has 22 heavy (non-hydrogen) atoms. The third-order valence-corrected chi connectivity index (χ3v) is 5.56. The number of thiophene rings is 1. The number of hydrogen-bond donors (Lipinski definition) is 0. The van der Waals surface area contributed by atoms with Crippen molar-refractivity contribution in [3.05, 3.63) is 69.6 Å². The Bertz CT molecular complexity index is 895. The molecule has 0 saturated heterocycles. The van der Waals surface area contributed by atoms with Crippen molar-refractivity contribution < 1.29 is 8.42 Å². The molecular formula is C15H11ClN2O2S2. The van der Waals surface area contributed by atoms with E-state index >= 15 is 0 Å². The van der Waals surface area contributed by atoms with E-state index in [1.165, 1.54) is 30.5 Å². The van der Waals surface area contributed by atoms with Gasteiger partial charge in [-0.3, -0.25) is 0 Å². The predicted molar refractivity (Wildman–Crippen MR) is 89.5 cm³/mol. The van der Waals surface area contributed by atoms with Crippen LogP contribution < -0.4 is 0 Å². The van der Waals surface area contributed by atoms with Crippen LogP contribution in [-0.4, -0.2) is 17.6 Å². The van der Waals surface area contributed by atoms with E-state index in [2.05, 4.69) is 5.10 Å². The van der Waals surface area contributed by atoms with Gasteiger partial charge in [0.15, 0.2) is 0 Å². The zero-order valence-corrected chi connectivity index (χ0v) is 13.6. The lowest BCUT2D eigenvalue weighted by atomic mass is 10.3. The molecule has 2 heterocycles. The molecule has 0 saturated carbocycles. The van der Waals surface area contributed by atoms with Crippen LogP contribution >= 0.6 is 22.9 Å². The zero-order valence-electron chi connectivity index (χ0n) is 11.3. The van der Waals surface area contributed by atoms with Gasteiger partial charge in [-0.1, -0.05) is 17.7 Å². The van der Waals surface area contributed by atoms with Crippen LogP contribution in [0.4, 0.5) is 0 Å². The molecule has 0 aliphatic carbocycles. The van der Waals surface area contributed by atoms with E-state index in [1.807, 2.05) is 23.6 Å². The summed E-state index contributed by atoms with van der Waals surface area (Å²) in [4.78, 5) is 1.23. The Morgan fingerprint density at radius 1 is 1.09 bits per heavy atom. The van der Waals surface area contributed by atoms with Crippen molar-refractivity contribution in [1.29, 1.82) is 0 Å². The van der Waals surface area contributed by atoms with Crippen LogP contribution in [0.5, 0.6) is 0 Å². The molecule has 0 aliphatic heterocycles. The van der Waals surface area contributed by atoms with Gasteiger partial charge in [-0.2, -0.15) is 17.6 Å². The van der Waals surface area contributed by atoms with Gasteiger partial charge in [0, 0.05) is 16.1 Å². The SMILES string of the molecule is O=S(=O)(c1ccc(Cl)cc1)n1ccc(/C=C/c2cccs2)n1. The van der Waals surface area contributed by atoms with E-state index in [0.717, 1.165) is 8.96 Å². The topological polar surface area (TPSA) is 52.0 Å². The second-order valence-corrected chi connectivity index (χ2v) is 7.63. The first-order chi connectivity index (χ1) is 10.6. The minimum atomic E-state index is -3.69. The molecule has 3 rings (SSSR count). The summed E-state index contributed by atoms with van der Waals surface area (Å²) in [6.45, 7) is 0. The van der Waals surface area contributed by atoms with Crippen LogP contribution in [0.25, 0.3) is 12.2 Å². The number of nitrogens with zero attached hydrogens (tertiary/aromatic N) is 2. The van der Waals surface area contributed by atoms with Crippen molar-refractivity contribution in [2.45, 2.75) is 4.90 Å². The van der Waals surface area contributed by atoms with E-state index in [4.69, 9.17) is 11.6 Å². The second kappa shape index (κ2) is 6.08. The summed E-state index contributed by atoms with van der Waals surface area (Å²) in [6.07, 6.45) is 5.10. The smallest absolute Gasteiger partial charge is 0.199 e. The van der Waals surface area contributed by atoms with E-state index < -0.39 is 10.0 Å². The van der Waals surface area contributed by atoms with Crippen molar-refractivity contribution in [2.24, 2.45) is 0 Å². The van der Waals surface area contributed by atoms with E-state index in [9.17, 15) is 8.42 Å². The van der Waals surface area contributed by atoms with Crippen LogP contribution in [0.15, 0.2) is 58.9 Å². The Labute approximate surface area is 137 Å². The van der Waals surface area contributed by atoms with Gasteiger partial charge in [-0.05, 0) is 53.9 Å². The van der Waals surface area contributed by atoms with E-state index in [-0.39, 0.29) is 4.90 Å². The average molecular weight is 351 g/mol. The van der Waals surface area contributed by atoms with Gasteiger partial charge in [-0.25, -0.2) is 0 Å². The first-order valence-electron chi connectivity index (χ1n) is 6.34. The largest absolute Gasteiger partial charge is 0.282 e. The minimum Gasteiger partial charge on any atom is -0.199 e. The molecular weight excluding hydrogens is 340 g/mol. The number of rotatable bonds is 4. The quantitative estimate of drug-likeness (QED) is 0.714. The Morgan fingerprint density at radius 2 is 1.86 bits per heavy atom. The van der Waals surface area contributed by atoms with Crippen molar-refractivity contribution in [1.82, 2.24) is 9.19 Å². The van der Waals surface area contributed by atoms with Crippen molar-refractivity contribution in [3.8, 4) is 0 Å². The van der Waals surface area contributed by atoms with Crippen LogP contribution in [-0.2, 0) is 10.0 Å². The summed E-state index contributed by atoms with van der Waals surface area (Å²) < 4.78 is 25.8. The molecule has 0 bridgehead atoms. The molecule has 112 valence electrons. The van der Waals surface area contributed by atoms with Gasteiger partial charge in [-0.15, -0.1) is 11.3 Å². The van der Waals surface area contributed by atoms with Crippen molar-refractivity contribution in [2.75, 3.05) is 0 Å². The maximum atomic E-state index is 12.4. The molecule has 4 nitrogen and oxygen atoms in total. The predicted octanol–water partition coefficient (Wildman–Crippen LogP) is 4.01. The third kappa shape index (κ3) is 3.14. The maximum Gasteiger partial charge on any atom is 0.282 e. The van der Waals surface area contributed by atoms with E-state index in [0.29, 0.717) is 10.7 Å². The molecule has 0 N–H and O–H groups in total. The highest BCUT2D eigenvalue weighted by Crippen LogP contribution is 2.17. The van der Waals surface area contributed by atoms with Crippen LogP contribution in [0.1, 0.15) is 10.6 Å². The summed E-state index contributed by atoms with van der Waals surface area (Å²) in [6, 6.07) is 11.6. The molecule has 1 aromatic carbocycles. The third-order valence-electron chi connectivity index (χ3n) is 2.91. The van der Waals surface area contributed by atoms with Gasteiger partial charge in [0.05, 0.1) is 10.6 Å². The molecule has 2 aromatic heterocycles. The maximum absolute atomic E-state index is 12.4.